The molecule has 18 heavy (non-hydrogen) atoms. The summed E-state index contributed by atoms with van der Waals surface area (Å²) in [5.74, 6) is 0.0197. The number of hydrogen-bond donors (Lipinski definition) is 1. The largest absolute Gasteiger partial charge is 0.464 e. The van der Waals surface area contributed by atoms with Crippen LogP contribution >= 0.6 is 11.8 Å². The van der Waals surface area contributed by atoms with Crippen LogP contribution in [0.2, 0.25) is 0 Å². The first-order chi connectivity index (χ1) is 8.38. The molecule has 0 saturated heterocycles. The molecule has 5 nitrogen and oxygen atoms in total. The number of thioether (sulfide) groups is 1. The Hall–Kier alpha value is -1.17. The second-order valence-corrected chi connectivity index (χ2v) is 5.80. The van der Waals surface area contributed by atoms with Crippen molar-refractivity contribution in [3.05, 3.63) is 11.5 Å². The fourth-order valence-corrected chi connectivity index (χ4v) is 2.03. The van der Waals surface area contributed by atoms with Crippen LogP contribution in [0.15, 0.2) is 11.5 Å². The lowest BCUT2D eigenvalue weighted by Crippen LogP contribution is -2.45. The highest BCUT2D eigenvalue weighted by Gasteiger charge is 2.25. The van der Waals surface area contributed by atoms with E-state index in [1.165, 1.54) is 11.8 Å². The minimum atomic E-state index is -0.674. The molecule has 0 bridgehead atoms. The van der Waals surface area contributed by atoms with Crippen LogP contribution in [0.4, 0.5) is 4.79 Å². The van der Waals surface area contributed by atoms with Crippen molar-refractivity contribution in [3.8, 4) is 0 Å². The van der Waals surface area contributed by atoms with Crippen LogP contribution in [-0.4, -0.2) is 36.1 Å². The fraction of sp³-hybridized carbons (Fsp3) is 0.667. The van der Waals surface area contributed by atoms with Gasteiger partial charge in [0.05, 0.1) is 6.61 Å². The van der Waals surface area contributed by atoms with Gasteiger partial charge in [-0.05, 0) is 26.2 Å². The maximum absolute atomic E-state index is 11.7. The van der Waals surface area contributed by atoms with E-state index in [0.717, 1.165) is 0 Å². The Morgan fingerprint density at radius 3 is 2.94 bits per heavy atom. The molecule has 0 aromatic carbocycles. The number of carbonyl (C=O) groups is 2. The minimum Gasteiger partial charge on any atom is -0.464 e. The SMILES string of the molecule is CC(C)(C)OC(=O)N[C@H]1CS/C=C\CCOC1=O. The molecule has 0 spiro atoms. The Morgan fingerprint density at radius 1 is 1.56 bits per heavy atom. The number of ether oxygens (including phenoxy) is 2. The number of rotatable bonds is 1. The predicted molar refractivity (Wildman–Crippen MR) is 70.3 cm³/mol. The van der Waals surface area contributed by atoms with Crippen LogP contribution < -0.4 is 5.32 Å². The van der Waals surface area contributed by atoms with Gasteiger partial charge in [-0.1, -0.05) is 6.08 Å². The number of alkyl carbamates (subject to hydrolysis) is 1. The molecule has 0 saturated carbocycles. The Labute approximate surface area is 111 Å². The van der Waals surface area contributed by atoms with Gasteiger partial charge in [-0.25, -0.2) is 9.59 Å². The van der Waals surface area contributed by atoms with Gasteiger partial charge in [0, 0.05) is 12.2 Å². The highest BCUT2D eigenvalue weighted by atomic mass is 32.2. The summed E-state index contributed by atoms with van der Waals surface area (Å²) in [6, 6.07) is -0.674. The van der Waals surface area contributed by atoms with Crippen LogP contribution in [0.25, 0.3) is 0 Å². The lowest BCUT2D eigenvalue weighted by molar-refractivity contribution is -0.145. The average Bonchev–Trinajstić information content (AvgIpc) is 2.30. The van der Waals surface area contributed by atoms with Gasteiger partial charge in [-0.3, -0.25) is 0 Å². The van der Waals surface area contributed by atoms with Gasteiger partial charge < -0.3 is 14.8 Å². The van der Waals surface area contributed by atoms with E-state index in [0.29, 0.717) is 18.8 Å². The molecule has 0 unspecified atom stereocenters. The number of esters is 1. The smallest absolute Gasteiger partial charge is 0.408 e. The van der Waals surface area contributed by atoms with Gasteiger partial charge in [0.15, 0.2) is 0 Å². The van der Waals surface area contributed by atoms with Crippen molar-refractivity contribution in [3.63, 3.8) is 0 Å². The zero-order valence-corrected chi connectivity index (χ0v) is 11.7. The lowest BCUT2D eigenvalue weighted by Gasteiger charge is -2.22. The van der Waals surface area contributed by atoms with Crippen LogP contribution in [0, 0.1) is 0 Å². The van der Waals surface area contributed by atoms with E-state index in [2.05, 4.69) is 5.32 Å². The standard InChI is InChI=1S/C12H19NO4S/c1-12(2,3)17-11(15)13-9-8-18-7-5-4-6-16-10(9)14/h5,7,9H,4,6,8H2,1-3H3,(H,13,15)/b7-5-/t9-/m0/s1. The van der Waals surface area contributed by atoms with E-state index >= 15 is 0 Å². The Balaban J connectivity index is 2.53. The molecule has 1 rings (SSSR count). The van der Waals surface area contributed by atoms with Gasteiger partial charge >= 0.3 is 12.1 Å². The normalized spacial score (nSPS) is 23.1. The summed E-state index contributed by atoms with van der Waals surface area (Å²) in [6.07, 6.45) is 2.03. The van der Waals surface area contributed by atoms with Crippen molar-refractivity contribution in [1.82, 2.24) is 5.32 Å². The summed E-state index contributed by atoms with van der Waals surface area (Å²) in [5.41, 5.74) is -0.584. The predicted octanol–water partition coefficient (Wildman–Crippen LogP) is 2.07. The lowest BCUT2D eigenvalue weighted by atomic mass is 10.2. The van der Waals surface area contributed by atoms with Gasteiger partial charge in [-0.15, -0.1) is 11.8 Å². The Bertz CT molecular complexity index is 335. The molecule has 0 fully saturated rings. The van der Waals surface area contributed by atoms with Gasteiger partial charge in [0.1, 0.15) is 11.6 Å². The van der Waals surface area contributed by atoms with Crippen LogP contribution in [0.1, 0.15) is 27.2 Å². The number of amides is 1. The van der Waals surface area contributed by atoms with Gasteiger partial charge in [0.25, 0.3) is 0 Å². The molecule has 1 heterocycles. The van der Waals surface area contributed by atoms with Crippen molar-refractivity contribution < 1.29 is 19.1 Å². The molecular formula is C12H19NO4S. The first-order valence-corrected chi connectivity index (χ1v) is 6.86. The zero-order valence-electron chi connectivity index (χ0n) is 10.9. The molecule has 6 heteroatoms. The van der Waals surface area contributed by atoms with Gasteiger partial charge in [0.2, 0.25) is 0 Å². The topological polar surface area (TPSA) is 64.6 Å². The fourth-order valence-electron chi connectivity index (χ4n) is 1.23. The van der Waals surface area contributed by atoms with E-state index in [9.17, 15) is 9.59 Å². The van der Waals surface area contributed by atoms with E-state index < -0.39 is 23.7 Å². The molecule has 0 radical (unpaired) electrons. The molecule has 0 aliphatic carbocycles. The number of hydrogen-bond acceptors (Lipinski definition) is 5. The van der Waals surface area contributed by atoms with E-state index in [-0.39, 0.29) is 0 Å². The minimum absolute atomic E-state index is 0.336. The second kappa shape index (κ2) is 6.68. The molecule has 1 atom stereocenters. The summed E-state index contributed by atoms with van der Waals surface area (Å²) in [5, 5.41) is 4.44. The first-order valence-electron chi connectivity index (χ1n) is 5.81. The average molecular weight is 273 g/mol. The van der Waals surface area contributed by atoms with Crippen molar-refractivity contribution in [1.29, 1.82) is 0 Å². The van der Waals surface area contributed by atoms with Crippen molar-refractivity contribution in [2.75, 3.05) is 12.4 Å². The number of nitrogens with one attached hydrogen (secondary N) is 1. The maximum atomic E-state index is 11.7. The highest BCUT2D eigenvalue weighted by Crippen LogP contribution is 2.11. The summed E-state index contributed by atoms with van der Waals surface area (Å²) in [7, 11) is 0. The van der Waals surface area contributed by atoms with E-state index in [1.807, 2.05) is 11.5 Å². The molecule has 1 aliphatic rings. The third-order valence-electron chi connectivity index (χ3n) is 1.96. The summed E-state index contributed by atoms with van der Waals surface area (Å²) < 4.78 is 10.1. The van der Waals surface area contributed by atoms with Crippen LogP contribution in [0.5, 0.6) is 0 Å². The molecular weight excluding hydrogens is 254 g/mol. The van der Waals surface area contributed by atoms with Crippen molar-refractivity contribution in [2.24, 2.45) is 0 Å². The third-order valence-corrected chi connectivity index (χ3v) is 2.87. The Kier molecular flexibility index (Phi) is 5.53. The number of carbonyl (C=O) groups excluding carboxylic acids is 2. The van der Waals surface area contributed by atoms with E-state index in [4.69, 9.17) is 9.47 Å². The molecule has 0 aromatic heterocycles. The quantitative estimate of drug-likeness (QED) is 0.741. The zero-order chi connectivity index (χ0) is 13.6. The molecule has 1 amide bonds. The molecule has 1 aliphatic heterocycles. The van der Waals surface area contributed by atoms with Crippen LogP contribution in [0.3, 0.4) is 0 Å². The summed E-state index contributed by atoms with van der Waals surface area (Å²) >= 11 is 1.46. The number of cyclic esters (lactones) is 1. The second-order valence-electron chi connectivity index (χ2n) is 4.86. The highest BCUT2D eigenvalue weighted by molar-refractivity contribution is 8.02. The van der Waals surface area contributed by atoms with E-state index in [1.54, 1.807) is 20.8 Å². The van der Waals surface area contributed by atoms with Gasteiger partial charge in [-0.2, -0.15) is 0 Å². The Morgan fingerprint density at radius 2 is 2.28 bits per heavy atom. The first kappa shape index (κ1) is 14.9. The summed E-state index contributed by atoms with van der Waals surface area (Å²) in [4.78, 5) is 23.3. The molecule has 1 N–H and O–H groups in total. The third kappa shape index (κ3) is 5.95. The van der Waals surface area contributed by atoms with Crippen molar-refractivity contribution >= 4 is 23.8 Å². The van der Waals surface area contributed by atoms with Crippen LogP contribution in [-0.2, 0) is 14.3 Å². The summed E-state index contributed by atoms with van der Waals surface area (Å²) in [6.45, 7) is 5.64. The molecule has 102 valence electrons. The molecule has 0 aromatic rings. The monoisotopic (exact) mass is 273 g/mol. The van der Waals surface area contributed by atoms with Crippen molar-refractivity contribution in [2.45, 2.75) is 38.8 Å². The maximum Gasteiger partial charge on any atom is 0.408 e.